The van der Waals surface area contributed by atoms with E-state index in [1.165, 1.54) is 11.3 Å². The Bertz CT molecular complexity index is 903. The molecule has 0 aliphatic rings. The van der Waals surface area contributed by atoms with Gasteiger partial charge in [-0.15, -0.1) is 11.3 Å². The van der Waals surface area contributed by atoms with E-state index in [0.29, 0.717) is 16.3 Å². The van der Waals surface area contributed by atoms with Crippen molar-refractivity contribution in [1.82, 2.24) is 9.78 Å². The van der Waals surface area contributed by atoms with Crippen molar-refractivity contribution < 1.29 is 4.79 Å². The summed E-state index contributed by atoms with van der Waals surface area (Å²) in [4.78, 5) is 13.5. The number of thiophene rings is 1. The first-order valence-corrected chi connectivity index (χ1v) is 8.36. The minimum absolute atomic E-state index is 0.0828. The van der Waals surface area contributed by atoms with Crippen LogP contribution in [0, 0.1) is 11.3 Å². The summed E-state index contributed by atoms with van der Waals surface area (Å²) in [6.07, 6.45) is 1.60. The molecule has 120 valence electrons. The predicted molar refractivity (Wildman–Crippen MR) is 95.0 cm³/mol. The third-order valence-electron chi connectivity index (χ3n) is 3.53. The second-order valence-corrected chi connectivity index (χ2v) is 6.59. The third kappa shape index (κ3) is 3.07. The Kier molecular flexibility index (Phi) is 4.45. The lowest BCUT2D eigenvalue weighted by molar-refractivity contribution is 0.101. The first kappa shape index (κ1) is 16.0. The molecule has 0 fully saturated rings. The van der Waals surface area contributed by atoms with Gasteiger partial charge in [0.25, 0.3) is 5.91 Å². The summed E-state index contributed by atoms with van der Waals surface area (Å²) in [5.41, 5.74) is 1.96. The molecule has 0 unspecified atom stereocenters. The van der Waals surface area contributed by atoms with E-state index in [1.807, 2.05) is 44.2 Å². The van der Waals surface area contributed by atoms with Crippen molar-refractivity contribution in [2.45, 2.75) is 19.9 Å². The standard InChI is InChI=1S/C18H16N4OS/c1-12(2)22-15(8-9-20-22)17(23)21-18-14(11-19)10-16(24-18)13-6-4-3-5-7-13/h3-10,12H,1-2H3,(H,21,23). The maximum absolute atomic E-state index is 12.5. The lowest BCUT2D eigenvalue weighted by Crippen LogP contribution is -2.18. The molecule has 0 radical (unpaired) electrons. The SMILES string of the molecule is CC(C)n1nccc1C(=O)Nc1sc(-c2ccccc2)cc1C#N. The Hall–Kier alpha value is -2.91. The number of hydrogen-bond acceptors (Lipinski definition) is 4. The normalized spacial score (nSPS) is 10.6. The highest BCUT2D eigenvalue weighted by Gasteiger charge is 2.18. The van der Waals surface area contributed by atoms with E-state index in [2.05, 4.69) is 16.5 Å². The zero-order valence-electron chi connectivity index (χ0n) is 13.4. The Morgan fingerprint density at radius 1 is 1.29 bits per heavy atom. The maximum atomic E-state index is 12.5. The van der Waals surface area contributed by atoms with Gasteiger partial charge in [-0.3, -0.25) is 9.48 Å². The van der Waals surface area contributed by atoms with Crippen LogP contribution in [-0.2, 0) is 0 Å². The summed E-state index contributed by atoms with van der Waals surface area (Å²) in [5, 5.41) is 16.9. The first-order chi connectivity index (χ1) is 11.6. The summed E-state index contributed by atoms with van der Waals surface area (Å²) in [7, 11) is 0. The van der Waals surface area contributed by atoms with Gasteiger partial charge < -0.3 is 5.32 Å². The van der Waals surface area contributed by atoms with E-state index < -0.39 is 0 Å². The molecular formula is C18H16N4OS. The third-order valence-corrected chi connectivity index (χ3v) is 4.63. The fraction of sp³-hybridized carbons (Fsp3) is 0.167. The molecule has 0 saturated heterocycles. The monoisotopic (exact) mass is 336 g/mol. The number of carbonyl (C=O) groups is 1. The summed E-state index contributed by atoms with van der Waals surface area (Å²) >= 11 is 1.39. The number of hydrogen-bond donors (Lipinski definition) is 1. The molecule has 0 aliphatic carbocycles. The highest BCUT2D eigenvalue weighted by molar-refractivity contribution is 7.19. The van der Waals surface area contributed by atoms with E-state index in [0.717, 1.165) is 10.4 Å². The molecule has 6 heteroatoms. The molecule has 24 heavy (non-hydrogen) atoms. The van der Waals surface area contributed by atoms with Gasteiger partial charge >= 0.3 is 0 Å². The lowest BCUT2D eigenvalue weighted by Gasteiger charge is -2.10. The molecule has 3 rings (SSSR count). The van der Waals surface area contributed by atoms with Crippen LogP contribution in [0.3, 0.4) is 0 Å². The number of nitrogens with one attached hydrogen (secondary N) is 1. The Balaban J connectivity index is 1.90. The second kappa shape index (κ2) is 6.69. The molecule has 0 aliphatic heterocycles. The first-order valence-electron chi connectivity index (χ1n) is 7.54. The van der Waals surface area contributed by atoms with Crippen molar-refractivity contribution >= 4 is 22.2 Å². The number of amides is 1. The quantitative estimate of drug-likeness (QED) is 0.771. The van der Waals surface area contributed by atoms with E-state index in [1.54, 1.807) is 23.0 Å². The Labute approximate surface area is 144 Å². The molecule has 0 atom stereocenters. The molecule has 5 nitrogen and oxygen atoms in total. The van der Waals surface area contributed by atoms with Gasteiger partial charge in [-0.05, 0) is 31.5 Å². The van der Waals surface area contributed by atoms with Gasteiger partial charge in [-0.25, -0.2) is 0 Å². The van der Waals surface area contributed by atoms with E-state index in [-0.39, 0.29) is 11.9 Å². The van der Waals surface area contributed by atoms with E-state index in [9.17, 15) is 10.1 Å². The predicted octanol–water partition coefficient (Wildman–Crippen LogP) is 4.32. The van der Waals surface area contributed by atoms with Crippen LogP contribution < -0.4 is 5.32 Å². The summed E-state index contributed by atoms with van der Waals surface area (Å²) in [5.74, 6) is -0.265. The van der Waals surface area contributed by atoms with Crippen LogP contribution in [0.1, 0.15) is 35.9 Å². The second-order valence-electron chi connectivity index (χ2n) is 5.54. The Morgan fingerprint density at radius 3 is 2.71 bits per heavy atom. The minimum Gasteiger partial charge on any atom is -0.311 e. The van der Waals surface area contributed by atoms with Gasteiger partial charge in [0, 0.05) is 17.1 Å². The highest BCUT2D eigenvalue weighted by Crippen LogP contribution is 2.35. The molecule has 0 spiro atoms. The van der Waals surface area contributed by atoms with Gasteiger partial charge in [0.15, 0.2) is 0 Å². The van der Waals surface area contributed by atoms with Crippen molar-refractivity contribution in [3.63, 3.8) is 0 Å². The van der Waals surface area contributed by atoms with Gasteiger partial charge in [-0.1, -0.05) is 30.3 Å². The van der Waals surface area contributed by atoms with E-state index in [4.69, 9.17) is 0 Å². The average Bonchev–Trinajstić information content (AvgIpc) is 3.22. The molecule has 0 saturated carbocycles. The molecular weight excluding hydrogens is 320 g/mol. The number of nitrogens with zero attached hydrogens (tertiary/aromatic N) is 3. The van der Waals surface area contributed by atoms with Crippen LogP contribution in [0.15, 0.2) is 48.7 Å². The number of anilines is 1. The van der Waals surface area contributed by atoms with Crippen LogP contribution in [0.25, 0.3) is 10.4 Å². The molecule has 1 N–H and O–H groups in total. The zero-order chi connectivity index (χ0) is 17.1. The number of nitriles is 1. The number of aromatic nitrogens is 2. The zero-order valence-corrected chi connectivity index (χ0v) is 14.2. The topological polar surface area (TPSA) is 70.7 Å². The fourth-order valence-electron chi connectivity index (χ4n) is 2.38. The smallest absolute Gasteiger partial charge is 0.274 e. The molecule has 0 bridgehead atoms. The van der Waals surface area contributed by atoms with E-state index >= 15 is 0 Å². The summed E-state index contributed by atoms with van der Waals surface area (Å²) in [6.45, 7) is 3.92. The van der Waals surface area contributed by atoms with Gasteiger partial charge in [0.1, 0.15) is 16.8 Å². The number of rotatable bonds is 4. The van der Waals surface area contributed by atoms with Crippen LogP contribution in [0.4, 0.5) is 5.00 Å². The van der Waals surface area contributed by atoms with Crippen molar-refractivity contribution in [1.29, 1.82) is 5.26 Å². The molecule has 1 aromatic carbocycles. The van der Waals surface area contributed by atoms with Gasteiger partial charge in [0.05, 0.1) is 5.56 Å². The van der Waals surface area contributed by atoms with Gasteiger partial charge in [0.2, 0.25) is 0 Å². The maximum Gasteiger partial charge on any atom is 0.274 e. The van der Waals surface area contributed by atoms with Crippen molar-refractivity contribution in [3.8, 4) is 16.5 Å². The summed E-state index contributed by atoms with van der Waals surface area (Å²) in [6, 6.07) is 15.5. The van der Waals surface area contributed by atoms with Crippen LogP contribution in [0.5, 0.6) is 0 Å². The van der Waals surface area contributed by atoms with Crippen molar-refractivity contribution in [2.75, 3.05) is 5.32 Å². The Morgan fingerprint density at radius 2 is 2.04 bits per heavy atom. The fourth-order valence-corrected chi connectivity index (χ4v) is 3.39. The van der Waals surface area contributed by atoms with Crippen LogP contribution >= 0.6 is 11.3 Å². The minimum atomic E-state index is -0.265. The van der Waals surface area contributed by atoms with Crippen molar-refractivity contribution in [2.24, 2.45) is 0 Å². The molecule has 2 heterocycles. The molecule has 3 aromatic rings. The molecule has 1 amide bonds. The number of benzene rings is 1. The molecule has 2 aromatic heterocycles. The average molecular weight is 336 g/mol. The van der Waals surface area contributed by atoms with Crippen LogP contribution in [0.2, 0.25) is 0 Å². The van der Waals surface area contributed by atoms with Crippen LogP contribution in [-0.4, -0.2) is 15.7 Å². The van der Waals surface area contributed by atoms with Gasteiger partial charge in [-0.2, -0.15) is 10.4 Å². The van der Waals surface area contributed by atoms with Crippen molar-refractivity contribution in [3.05, 3.63) is 59.9 Å². The summed E-state index contributed by atoms with van der Waals surface area (Å²) < 4.78 is 1.66. The lowest BCUT2D eigenvalue weighted by atomic mass is 10.2. The largest absolute Gasteiger partial charge is 0.311 e. The number of carbonyl (C=O) groups excluding carboxylic acids is 1. The highest BCUT2D eigenvalue weighted by atomic mass is 32.1.